The van der Waals surface area contributed by atoms with Crippen LogP contribution in [0.25, 0.3) is 6.08 Å². The number of hydrogen-bond acceptors (Lipinski definition) is 3. The average Bonchev–Trinajstić information content (AvgIpc) is 2.17. The number of aromatic hydroxyl groups is 1. The van der Waals surface area contributed by atoms with Crippen LogP contribution < -0.4 is 9.47 Å². The number of benzene rings is 1. The van der Waals surface area contributed by atoms with Crippen molar-refractivity contribution in [3.8, 4) is 17.2 Å². The van der Waals surface area contributed by atoms with E-state index in [1.54, 1.807) is 12.1 Å². The number of phenols is 1. The molecule has 1 N–H and O–H groups in total. The van der Waals surface area contributed by atoms with Crippen LogP contribution in [0.2, 0.25) is 0 Å². The van der Waals surface area contributed by atoms with Gasteiger partial charge in [0.05, 0.1) is 14.2 Å². The molecule has 0 atom stereocenters. The Bertz CT molecular complexity index is 343. The molecule has 1 aromatic rings. The summed E-state index contributed by atoms with van der Waals surface area (Å²) in [6.45, 7) is 1.91. The highest BCUT2D eigenvalue weighted by molar-refractivity contribution is 5.61. The molecular weight excluding hydrogens is 180 g/mol. The summed E-state index contributed by atoms with van der Waals surface area (Å²) in [5.41, 5.74) is 0.877. The Labute approximate surface area is 83.6 Å². The quantitative estimate of drug-likeness (QED) is 0.803. The minimum absolute atomic E-state index is 0.0833. The molecule has 0 aliphatic heterocycles. The van der Waals surface area contributed by atoms with Gasteiger partial charge in [-0.25, -0.2) is 0 Å². The summed E-state index contributed by atoms with van der Waals surface area (Å²) < 4.78 is 10.1. The Hall–Kier alpha value is -1.64. The molecule has 1 rings (SSSR count). The van der Waals surface area contributed by atoms with Crippen LogP contribution in [0.5, 0.6) is 17.2 Å². The van der Waals surface area contributed by atoms with E-state index in [9.17, 15) is 5.11 Å². The first kappa shape index (κ1) is 10.4. The molecule has 0 aromatic heterocycles. The van der Waals surface area contributed by atoms with E-state index in [0.717, 1.165) is 5.56 Å². The molecule has 3 nitrogen and oxygen atoms in total. The van der Waals surface area contributed by atoms with E-state index in [-0.39, 0.29) is 5.75 Å². The maximum Gasteiger partial charge on any atom is 0.203 e. The number of hydrogen-bond donors (Lipinski definition) is 1. The number of ether oxygens (including phenoxy) is 2. The smallest absolute Gasteiger partial charge is 0.203 e. The zero-order valence-corrected chi connectivity index (χ0v) is 8.57. The third-order valence-electron chi connectivity index (χ3n) is 1.84. The molecule has 0 amide bonds. The van der Waals surface area contributed by atoms with Crippen molar-refractivity contribution in [1.82, 2.24) is 0 Å². The first-order valence-electron chi connectivity index (χ1n) is 4.30. The number of allylic oxidation sites excluding steroid dienone is 1. The number of rotatable bonds is 3. The topological polar surface area (TPSA) is 38.7 Å². The molecule has 3 heteroatoms. The van der Waals surface area contributed by atoms with Gasteiger partial charge in [-0.1, -0.05) is 12.2 Å². The van der Waals surface area contributed by atoms with Crippen LogP contribution in [-0.2, 0) is 0 Å². The molecule has 76 valence electrons. The maximum absolute atomic E-state index is 9.59. The zero-order chi connectivity index (χ0) is 10.6. The molecule has 0 unspecified atom stereocenters. The second-order valence-electron chi connectivity index (χ2n) is 2.78. The molecule has 0 heterocycles. The molecule has 0 saturated carbocycles. The Morgan fingerprint density at radius 2 is 1.93 bits per heavy atom. The predicted molar refractivity (Wildman–Crippen MR) is 55.9 cm³/mol. The molecule has 1 aromatic carbocycles. The Morgan fingerprint density at radius 1 is 1.21 bits per heavy atom. The molecule has 0 fully saturated rings. The van der Waals surface area contributed by atoms with Crippen LogP contribution in [0, 0.1) is 0 Å². The number of methoxy groups -OCH3 is 2. The van der Waals surface area contributed by atoms with Crippen molar-refractivity contribution >= 4 is 6.08 Å². The lowest BCUT2D eigenvalue weighted by Gasteiger charge is -2.09. The van der Waals surface area contributed by atoms with Gasteiger partial charge < -0.3 is 14.6 Å². The normalized spacial score (nSPS) is 10.5. The van der Waals surface area contributed by atoms with E-state index in [1.807, 2.05) is 19.1 Å². The van der Waals surface area contributed by atoms with Gasteiger partial charge in [-0.3, -0.25) is 0 Å². The highest BCUT2D eigenvalue weighted by Gasteiger charge is 2.09. The van der Waals surface area contributed by atoms with Crippen molar-refractivity contribution in [1.29, 1.82) is 0 Å². The van der Waals surface area contributed by atoms with E-state index >= 15 is 0 Å². The van der Waals surface area contributed by atoms with Crippen molar-refractivity contribution in [2.24, 2.45) is 0 Å². The SMILES string of the molecule is C/C=C/c1cc(O)c(OC)c(OC)c1. The van der Waals surface area contributed by atoms with E-state index in [0.29, 0.717) is 11.5 Å². The van der Waals surface area contributed by atoms with Gasteiger partial charge in [-0.2, -0.15) is 0 Å². The van der Waals surface area contributed by atoms with E-state index in [2.05, 4.69) is 0 Å². The third kappa shape index (κ3) is 1.99. The van der Waals surface area contributed by atoms with E-state index in [1.165, 1.54) is 14.2 Å². The van der Waals surface area contributed by atoms with Crippen molar-refractivity contribution < 1.29 is 14.6 Å². The average molecular weight is 194 g/mol. The van der Waals surface area contributed by atoms with Crippen LogP contribution in [0.15, 0.2) is 18.2 Å². The summed E-state index contributed by atoms with van der Waals surface area (Å²) in [4.78, 5) is 0. The van der Waals surface area contributed by atoms with Crippen LogP contribution in [0.3, 0.4) is 0 Å². The molecule has 0 aliphatic rings. The highest BCUT2D eigenvalue weighted by Crippen LogP contribution is 2.37. The van der Waals surface area contributed by atoms with E-state index < -0.39 is 0 Å². The van der Waals surface area contributed by atoms with Crippen LogP contribution >= 0.6 is 0 Å². The number of phenolic OH excluding ortho intramolecular Hbond substituents is 1. The van der Waals surface area contributed by atoms with Gasteiger partial charge in [0.15, 0.2) is 11.5 Å². The summed E-state index contributed by atoms with van der Waals surface area (Å²) in [5, 5.41) is 9.59. The van der Waals surface area contributed by atoms with Crippen LogP contribution in [0.4, 0.5) is 0 Å². The van der Waals surface area contributed by atoms with Gasteiger partial charge in [0.2, 0.25) is 5.75 Å². The Balaban J connectivity index is 3.23. The van der Waals surface area contributed by atoms with Gasteiger partial charge in [0.1, 0.15) is 0 Å². The monoisotopic (exact) mass is 194 g/mol. The Morgan fingerprint density at radius 3 is 2.43 bits per heavy atom. The fraction of sp³-hybridized carbons (Fsp3) is 0.273. The molecule has 0 saturated heterocycles. The predicted octanol–water partition coefficient (Wildman–Crippen LogP) is 2.44. The van der Waals surface area contributed by atoms with Gasteiger partial charge in [0, 0.05) is 0 Å². The molecule has 0 aliphatic carbocycles. The van der Waals surface area contributed by atoms with Gasteiger partial charge in [-0.15, -0.1) is 0 Å². The maximum atomic E-state index is 9.59. The van der Waals surface area contributed by atoms with Gasteiger partial charge in [-0.05, 0) is 24.6 Å². The summed E-state index contributed by atoms with van der Waals surface area (Å²) in [6.07, 6.45) is 3.77. The molecule has 0 spiro atoms. The fourth-order valence-electron chi connectivity index (χ4n) is 1.25. The largest absolute Gasteiger partial charge is 0.504 e. The van der Waals surface area contributed by atoms with Gasteiger partial charge >= 0.3 is 0 Å². The molecule has 14 heavy (non-hydrogen) atoms. The minimum Gasteiger partial charge on any atom is -0.504 e. The second kappa shape index (κ2) is 4.56. The summed E-state index contributed by atoms with van der Waals surface area (Å²) in [6, 6.07) is 3.43. The van der Waals surface area contributed by atoms with Crippen LogP contribution in [-0.4, -0.2) is 19.3 Å². The zero-order valence-electron chi connectivity index (χ0n) is 8.57. The Kier molecular flexibility index (Phi) is 3.40. The van der Waals surface area contributed by atoms with Crippen molar-refractivity contribution in [3.05, 3.63) is 23.8 Å². The van der Waals surface area contributed by atoms with Crippen molar-refractivity contribution in [2.75, 3.05) is 14.2 Å². The van der Waals surface area contributed by atoms with Crippen molar-refractivity contribution in [3.63, 3.8) is 0 Å². The highest BCUT2D eigenvalue weighted by atomic mass is 16.5. The van der Waals surface area contributed by atoms with Crippen LogP contribution in [0.1, 0.15) is 12.5 Å². The fourth-order valence-corrected chi connectivity index (χ4v) is 1.25. The first-order valence-corrected chi connectivity index (χ1v) is 4.30. The second-order valence-corrected chi connectivity index (χ2v) is 2.78. The lowest BCUT2D eigenvalue weighted by molar-refractivity contribution is 0.333. The summed E-state index contributed by atoms with van der Waals surface area (Å²) in [5.74, 6) is 0.973. The minimum atomic E-state index is 0.0833. The molecule has 0 bridgehead atoms. The summed E-state index contributed by atoms with van der Waals surface area (Å²) in [7, 11) is 3.03. The molecular formula is C11H14O3. The van der Waals surface area contributed by atoms with Gasteiger partial charge in [0.25, 0.3) is 0 Å². The lowest BCUT2D eigenvalue weighted by atomic mass is 10.1. The first-order chi connectivity index (χ1) is 6.72. The summed E-state index contributed by atoms with van der Waals surface area (Å²) >= 11 is 0. The third-order valence-corrected chi connectivity index (χ3v) is 1.84. The standard InChI is InChI=1S/C11H14O3/c1-4-5-8-6-9(12)11(14-3)10(7-8)13-2/h4-7,12H,1-3H3/b5-4+. The van der Waals surface area contributed by atoms with E-state index in [4.69, 9.17) is 9.47 Å². The van der Waals surface area contributed by atoms with Crippen molar-refractivity contribution in [2.45, 2.75) is 6.92 Å². The lowest BCUT2D eigenvalue weighted by Crippen LogP contribution is -1.91. The molecule has 0 radical (unpaired) electrons.